The molecule has 0 aliphatic rings. The summed E-state index contributed by atoms with van der Waals surface area (Å²) >= 11 is 0. The van der Waals surface area contributed by atoms with Gasteiger partial charge in [-0.15, -0.1) is 0 Å². The minimum Gasteiger partial charge on any atom is -0.493 e. The number of hydrogen-bond donors (Lipinski definition) is 0. The Balaban J connectivity index is 3.38. The number of benzene rings is 1. The van der Waals surface area contributed by atoms with Gasteiger partial charge < -0.3 is 14.3 Å². The zero-order chi connectivity index (χ0) is 15.2. The molecule has 0 radical (unpaired) electrons. The van der Waals surface area contributed by atoms with Crippen LogP contribution >= 0.6 is 0 Å². The van der Waals surface area contributed by atoms with Crippen molar-refractivity contribution in [1.82, 2.24) is 0 Å². The van der Waals surface area contributed by atoms with Crippen molar-refractivity contribution in [3.05, 3.63) is 23.8 Å². The molecule has 0 heterocycles. The second-order valence-electron chi connectivity index (χ2n) is 4.35. The summed E-state index contributed by atoms with van der Waals surface area (Å²) in [5, 5.41) is 9.46. The van der Waals surface area contributed by atoms with E-state index in [1.807, 2.05) is 0 Å². The van der Waals surface area contributed by atoms with Crippen molar-refractivity contribution in [2.75, 3.05) is 14.2 Å². The first-order chi connectivity index (χ1) is 9.55. The second-order valence-corrected chi connectivity index (χ2v) is 4.35. The van der Waals surface area contributed by atoms with E-state index >= 15 is 0 Å². The van der Waals surface area contributed by atoms with Crippen molar-refractivity contribution in [3.63, 3.8) is 0 Å². The van der Waals surface area contributed by atoms with Crippen LogP contribution in [0.1, 0.15) is 25.3 Å². The Morgan fingerprint density at radius 1 is 1.35 bits per heavy atom. The lowest BCUT2D eigenvalue weighted by molar-refractivity contribution is -0.121. The third kappa shape index (κ3) is 2.80. The van der Waals surface area contributed by atoms with Crippen molar-refractivity contribution in [3.8, 4) is 17.6 Å². The quantitative estimate of drug-likeness (QED) is 0.712. The summed E-state index contributed by atoms with van der Waals surface area (Å²) in [5.74, 6) is 0.660. The third-order valence-corrected chi connectivity index (χ3v) is 3.31. The van der Waals surface area contributed by atoms with Crippen molar-refractivity contribution in [2.45, 2.75) is 25.2 Å². The summed E-state index contributed by atoms with van der Waals surface area (Å²) in [5.41, 5.74) is -0.826. The van der Waals surface area contributed by atoms with Gasteiger partial charge in [-0.05, 0) is 31.0 Å². The number of methoxy groups -OCH3 is 2. The number of Topliss-reactive ketones (excluding diaryl/α,β-unsaturated/α-hetero) is 1. The fraction of sp³-hybridized carbons (Fsp3) is 0.400. The van der Waals surface area contributed by atoms with E-state index in [-0.39, 0.29) is 18.6 Å². The molecule has 0 aliphatic carbocycles. The molecule has 0 amide bonds. The van der Waals surface area contributed by atoms with Crippen LogP contribution in [0, 0.1) is 11.3 Å². The average molecular weight is 275 g/mol. The molecular weight excluding hydrogens is 258 g/mol. The molecule has 1 aromatic carbocycles. The number of aldehydes is 1. The smallest absolute Gasteiger partial charge is 0.161 e. The van der Waals surface area contributed by atoms with Crippen LogP contribution in [-0.2, 0) is 15.0 Å². The van der Waals surface area contributed by atoms with E-state index in [0.29, 0.717) is 23.3 Å². The number of rotatable bonds is 7. The largest absolute Gasteiger partial charge is 0.493 e. The molecule has 0 spiro atoms. The average Bonchev–Trinajstić information content (AvgIpc) is 2.47. The Labute approximate surface area is 118 Å². The van der Waals surface area contributed by atoms with Crippen LogP contribution in [0.2, 0.25) is 0 Å². The first-order valence-corrected chi connectivity index (χ1v) is 6.14. The number of nitriles is 1. The maximum atomic E-state index is 11.9. The first kappa shape index (κ1) is 15.7. The summed E-state index contributed by atoms with van der Waals surface area (Å²) in [6.45, 7) is 1.35. The lowest BCUT2D eigenvalue weighted by Crippen LogP contribution is -2.32. The molecule has 5 heteroatoms. The fourth-order valence-electron chi connectivity index (χ4n) is 2.10. The van der Waals surface area contributed by atoms with Gasteiger partial charge in [0.05, 0.1) is 20.3 Å². The minimum absolute atomic E-state index is 0.140. The predicted octanol–water partition coefficient (Wildman–Crippen LogP) is 2.03. The molecule has 0 aliphatic heterocycles. The summed E-state index contributed by atoms with van der Waals surface area (Å²) in [6, 6.07) is 6.95. The van der Waals surface area contributed by atoms with Crippen LogP contribution in [0.25, 0.3) is 0 Å². The molecule has 0 unspecified atom stereocenters. The Hall–Kier alpha value is -2.35. The summed E-state index contributed by atoms with van der Waals surface area (Å²) in [7, 11) is 2.99. The van der Waals surface area contributed by atoms with E-state index in [2.05, 4.69) is 6.07 Å². The summed E-state index contributed by atoms with van der Waals surface area (Å²) in [6.07, 6.45) is 0.995. The highest BCUT2D eigenvalue weighted by molar-refractivity contribution is 5.91. The second kappa shape index (κ2) is 6.71. The molecule has 0 fully saturated rings. The molecule has 20 heavy (non-hydrogen) atoms. The van der Waals surface area contributed by atoms with Gasteiger partial charge in [-0.25, -0.2) is 0 Å². The summed E-state index contributed by atoms with van der Waals surface area (Å²) < 4.78 is 10.3. The van der Waals surface area contributed by atoms with Crippen molar-refractivity contribution in [2.24, 2.45) is 0 Å². The number of nitrogens with zero attached hydrogens (tertiary/aromatic N) is 1. The Bertz CT molecular complexity index is 547. The highest BCUT2D eigenvalue weighted by Gasteiger charge is 2.37. The molecule has 0 saturated carbocycles. The number of ketones is 1. The van der Waals surface area contributed by atoms with Gasteiger partial charge in [0.2, 0.25) is 0 Å². The van der Waals surface area contributed by atoms with E-state index in [1.165, 1.54) is 21.1 Å². The Morgan fingerprint density at radius 3 is 2.45 bits per heavy atom. The highest BCUT2D eigenvalue weighted by atomic mass is 16.5. The van der Waals surface area contributed by atoms with Crippen LogP contribution < -0.4 is 9.47 Å². The van der Waals surface area contributed by atoms with Crippen LogP contribution in [-0.4, -0.2) is 26.3 Å². The van der Waals surface area contributed by atoms with Gasteiger partial charge in [0, 0.05) is 6.42 Å². The fourth-order valence-corrected chi connectivity index (χ4v) is 2.10. The van der Waals surface area contributed by atoms with Gasteiger partial charge in [-0.2, -0.15) is 5.26 Å². The van der Waals surface area contributed by atoms with E-state index < -0.39 is 5.41 Å². The van der Waals surface area contributed by atoms with E-state index in [1.54, 1.807) is 18.2 Å². The molecular formula is C15H17NO4. The number of ether oxygens (including phenoxy) is 2. The Morgan fingerprint density at radius 2 is 2.00 bits per heavy atom. The maximum absolute atomic E-state index is 11.9. The first-order valence-electron chi connectivity index (χ1n) is 6.14. The van der Waals surface area contributed by atoms with Gasteiger partial charge in [0.1, 0.15) is 11.7 Å². The molecule has 106 valence electrons. The van der Waals surface area contributed by atoms with Gasteiger partial charge in [-0.3, -0.25) is 4.79 Å². The van der Waals surface area contributed by atoms with Gasteiger partial charge >= 0.3 is 0 Å². The van der Waals surface area contributed by atoms with E-state index in [9.17, 15) is 14.9 Å². The maximum Gasteiger partial charge on any atom is 0.161 e. The Kier molecular flexibility index (Phi) is 5.27. The molecule has 0 aromatic heterocycles. The van der Waals surface area contributed by atoms with Gasteiger partial charge in [-0.1, -0.05) is 6.07 Å². The topological polar surface area (TPSA) is 76.4 Å². The van der Waals surface area contributed by atoms with Crippen molar-refractivity contribution in [1.29, 1.82) is 5.26 Å². The number of carbonyl (C=O) groups is 2. The van der Waals surface area contributed by atoms with Crippen molar-refractivity contribution < 1.29 is 19.1 Å². The highest BCUT2D eigenvalue weighted by Crippen LogP contribution is 2.36. The molecule has 0 N–H and O–H groups in total. The lowest BCUT2D eigenvalue weighted by Gasteiger charge is -2.24. The standard InChI is InChI=1S/C15H17NO4/c1-11(18)15(10-16,7-4-8-17)12-5-6-13(19-2)14(9-12)20-3/h5-6,8-9H,4,7H2,1-3H3/t15-/m1/s1. The van der Waals surface area contributed by atoms with Crippen LogP contribution in [0.5, 0.6) is 11.5 Å². The third-order valence-electron chi connectivity index (χ3n) is 3.31. The normalized spacial score (nSPS) is 12.9. The molecule has 1 atom stereocenters. The summed E-state index contributed by atoms with van der Waals surface area (Å²) in [4.78, 5) is 22.5. The molecule has 0 saturated heterocycles. The lowest BCUT2D eigenvalue weighted by atomic mass is 9.75. The SMILES string of the molecule is COc1ccc([C@@](C#N)(CCC=O)C(C)=O)cc1OC. The molecule has 1 aromatic rings. The predicted molar refractivity (Wildman–Crippen MR) is 72.8 cm³/mol. The molecule has 1 rings (SSSR count). The van der Waals surface area contributed by atoms with E-state index in [0.717, 1.165) is 0 Å². The van der Waals surface area contributed by atoms with Crippen LogP contribution in [0.3, 0.4) is 0 Å². The van der Waals surface area contributed by atoms with Gasteiger partial charge in [0.15, 0.2) is 17.3 Å². The number of carbonyl (C=O) groups excluding carboxylic acids is 2. The van der Waals surface area contributed by atoms with Crippen molar-refractivity contribution >= 4 is 12.1 Å². The van der Waals surface area contributed by atoms with Crippen LogP contribution in [0.15, 0.2) is 18.2 Å². The van der Waals surface area contributed by atoms with Gasteiger partial charge in [0.25, 0.3) is 0 Å². The molecule has 0 bridgehead atoms. The zero-order valence-electron chi connectivity index (χ0n) is 11.8. The molecule has 5 nitrogen and oxygen atoms in total. The van der Waals surface area contributed by atoms with E-state index in [4.69, 9.17) is 9.47 Å². The minimum atomic E-state index is -1.33. The zero-order valence-corrected chi connectivity index (χ0v) is 11.8. The number of hydrogen-bond acceptors (Lipinski definition) is 5. The monoisotopic (exact) mass is 275 g/mol. The van der Waals surface area contributed by atoms with Crippen LogP contribution in [0.4, 0.5) is 0 Å².